The van der Waals surface area contributed by atoms with Crippen molar-refractivity contribution in [1.82, 2.24) is 5.32 Å². The molecule has 0 spiro atoms. The molecule has 3 aromatic carbocycles. The highest BCUT2D eigenvalue weighted by molar-refractivity contribution is 5.78. The maximum Gasteiger partial charge on any atom is 0.258 e. The molecule has 0 aliphatic rings. The van der Waals surface area contributed by atoms with E-state index in [-0.39, 0.29) is 18.6 Å². The minimum absolute atomic E-state index is 0.120. The van der Waals surface area contributed by atoms with E-state index in [2.05, 4.69) is 5.32 Å². The van der Waals surface area contributed by atoms with Crippen molar-refractivity contribution in [2.45, 2.75) is 13.0 Å². The monoisotopic (exact) mass is 391 g/mol. The molecule has 0 saturated heterocycles. The van der Waals surface area contributed by atoms with Crippen LogP contribution in [0.4, 0.5) is 0 Å². The topological polar surface area (TPSA) is 56.8 Å². The van der Waals surface area contributed by atoms with E-state index >= 15 is 0 Å². The van der Waals surface area contributed by atoms with Gasteiger partial charge in [0.1, 0.15) is 17.2 Å². The summed E-state index contributed by atoms with van der Waals surface area (Å²) in [6.45, 7) is 1.92. The third kappa shape index (κ3) is 5.51. The molecule has 1 atom stereocenters. The van der Waals surface area contributed by atoms with E-state index in [1.807, 2.05) is 61.5 Å². The Balaban J connectivity index is 1.73. The number of carbonyl (C=O) groups is 1. The van der Waals surface area contributed by atoms with Crippen molar-refractivity contribution >= 4 is 5.91 Å². The second-order valence-electron chi connectivity index (χ2n) is 6.66. The van der Waals surface area contributed by atoms with Crippen LogP contribution in [0.1, 0.15) is 22.7 Å². The van der Waals surface area contributed by atoms with Gasteiger partial charge < -0.3 is 19.5 Å². The maximum absolute atomic E-state index is 12.7. The summed E-state index contributed by atoms with van der Waals surface area (Å²) in [5, 5.41) is 3.07. The van der Waals surface area contributed by atoms with E-state index in [9.17, 15) is 4.79 Å². The Kier molecular flexibility index (Phi) is 6.74. The molecular formula is C24H25NO4. The van der Waals surface area contributed by atoms with Gasteiger partial charge in [0, 0.05) is 18.2 Å². The molecule has 0 radical (unpaired) electrons. The predicted molar refractivity (Wildman–Crippen MR) is 113 cm³/mol. The Morgan fingerprint density at radius 2 is 1.38 bits per heavy atom. The summed E-state index contributed by atoms with van der Waals surface area (Å²) in [4.78, 5) is 12.7. The number of carbonyl (C=O) groups excluding carboxylic acids is 1. The molecule has 0 heterocycles. The summed E-state index contributed by atoms with van der Waals surface area (Å²) in [5.74, 6) is 1.48. The number of ether oxygens (including phenoxy) is 3. The van der Waals surface area contributed by atoms with Crippen molar-refractivity contribution in [3.8, 4) is 17.2 Å². The minimum atomic E-state index is -0.257. The second-order valence-corrected chi connectivity index (χ2v) is 6.66. The average Bonchev–Trinajstić information content (AvgIpc) is 2.77. The summed E-state index contributed by atoms with van der Waals surface area (Å²) in [5.41, 5.74) is 3.19. The van der Waals surface area contributed by atoms with Crippen molar-refractivity contribution in [1.29, 1.82) is 0 Å². The molecule has 1 amide bonds. The number of hydrogen-bond donors (Lipinski definition) is 1. The van der Waals surface area contributed by atoms with Gasteiger partial charge in [-0.15, -0.1) is 0 Å². The Hall–Kier alpha value is -3.47. The molecule has 5 heteroatoms. The van der Waals surface area contributed by atoms with Gasteiger partial charge in [-0.2, -0.15) is 0 Å². The van der Waals surface area contributed by atoms with Gasteiger partial charge in [0.15, 0.2) is 6.61 Å². The van der Waals surface area contributed by atoms with Gasteiger partial charge in [0.05, 0.1) is 20.3 Å². The lowest BCUT2D eigenvalue weighted by atomic mass is 9.98. The highest BCUT2D eigenvalue weighted by Crippen LogP contribution is 2.27. The highest BCUT2D eigenvalue weighted by atomic mass is 16.5. The summed E-state index contributed by atoms with van der Waals surface area (Å²) < 4.78 is 16.1. The van der Waals surface area contributed by atoms with E-state index in [0.717, 1.165) is 11.1 Å². The van der Waals surface area contributed by atoms with Crippen LogP contribution in [0.5, 0.6) is 17.2 Å². The number of amides is 1. The van der Waals surface area contributed by atoms with Crippen LogP contribution >= 0.6 is 0 Å². The Morgan fingerprint density at radius 3 is 1.97 bits per heavy atom. The van der Waals surface area contributed by atoms with Crippen LogP contribution in [0.3, 0.4) is 0 Å². The minimum Gasteiger partial charge on any atom is -0.496 e. The molecule has 0 aromatic heterocycles. The molecule has 3 rings (SSSR count). The van der Waals surface area contributed by atoms with Gasteiger partial charge in [0.2, 0.25) is 0 Å². The van der Waals surface area contributed by atoms with Crippen LogP contribution in [-0.2, 0) is 4.79 Å². The number of nitrogens with one attached hydrogen (secondary N) is 1. The molecule has 3 aromatic rings. The standard InChI is InChI=1S/C24H25NO4/c1-17-9-11-19(12-10-17)24(18-7-5-4-6-8-18)25-23(26)16-29-22-14-20(27-2)13-21(15-22)28-3/h4-15,24H,16H2,1-3H3,(H,25,26). The van der Waals surface area contributed by atoms with Gasteiger partial charge in [-0.1, -0.05) is 60.2 Å². The number of rotatable bonds is 8. The second kappa shape index (κ2) is 9.64. The van der Waals surface area contributed by atoms with Crippen LogP contribution < -0.4 is 19.5 Å². The van der Waals surface area contributed by atoms with E-state index < -0.39 is 0 Å². The number of hydrogen-bond acceptors (Lipinski definition) is 4. The fourth-order valence-corrected chi connectivity index (χ4v) is 2.98. The van der Waals surface area contributed by atoms with Crippen LogP contribution in [0.2, 0.25) is 0 Å². The molecule has 0 aliphatic carbocycles. The molecule has 29 heavy (non-hydrogen) atoms. The van der Waals surface area contributed by atoms with Crippen molar-refractivity contribution < 1.29 is 19.0 Å². The van der Waals surface area contributed by atoms with Crippen LogP contribution in [0.15, 0.2) is 72.8 Å². The SMILES string of the molecule is COc1cc(OC)cc(OCC(=O)NC(c2ccccc2)c2ccc(C)cc2)c1. The maximum atomic E-state index is 12.7. The zero-order valence-corrected chi connectivity index (χ0v) is 16.8. The van der Waals surface area contributed by atoms with Crippen LogP contribution in [0, 0.1) is 6.92 Å². The van der Waals surface area contributed by atoms with E-state index in [1.165, 1.54) is 5.56 Å². The first kappa shape index (κ1) is 20.3. The van der Waals surface area contributed by atoms with Crippen molar-refractivity contribution in [3.05, 3.63) is 89.5 Å². The normalized spacial score (nSPS) is 11.4. The molecule has 1 N–H and O–H groups in total. The summed E-state index contributed by atoms with van der Waals surface area (Å²) in [7, 11) is 3.13. The zero-order chi connectivity index (χ0) is 20.6. The van der Waals surface area contributed by atoms with Crippen LogP contribution in [-0.4, -0.2) is 26.7 Å². The largest absolute Gasteiger partial charge is 0.496 e. The third-order valence-corrected chi connectivity index (χ3v) is 4.54. The Bertz CT molecular complexity index is 917. The molecule has 150 valence electrons. The van der Waals surface area contributed by atoms with E-state index in [4.69, 9.17) is 14.2 Å². The van der Waals surface area contributed by atoms with E-state index in [0.29, 0.717) is 17.2 Å². The fraction of sp³-hybridized carbons (Fsp3) is 0.208. The Labute approximate surface area is 171 Å². The molecule has 5 nitrogen and oxygen atoms in total. The molecule has 0 aliphatic heterocycles. The average molecular weight is 391 g/mol. The van der Waals surface area contributed by atoms with Gasteiger partial charge in [0.25, 0.3) is 5.91 Å². The molecule has 0 fully saturated rings. The first-order chi connectivity index (χ1) is 14.1. The zero-order valence-electron chi connectivity index (χ0n) is 16.8. The first-order valence-electron chi connectivity index (χ1n) is 9.36. The summed E-state index contributed by atoms with van der Waals surface area (Å²) >= 11 is 0. The summed E-state index contributed by atoms with van der Waals surface area (Å²) in [6, 6.07) is 22.9. The lowest BCUT2D eigenvalue weighted by Gasteiger charge is -2.20. The number of methoxy groups -OCH3 is 2. The lowest BCUT2D eigenvalue weighted by Crippen LogP contribution is -2.33. The smallest absolute Gasteiger partial charge is 0.258 e. The molecule has 0 saturated carbocycles. The molecule has 0 bridgehead atoms. The van der Waals surface area contributed by atoms with Crippen molar-refractivity contribution in [2.24, 2.45) is 0 Å². The van der Waals surface area contributed by atoms with Gasteiger partial charge in [-0.25, -0.2) is 0 Å². The number of benzene rings is 3. The predicted octanol–water partition coefficient (Wildman–Crippen LogP) is 4.30. The summed E-state index contributed by atoms with van der Waals surface area (Å²) in [6.07, 6.45) is 0. The highest BCUT2D eigenvalue weighted by Gasteiger charge is 2.17. The Morgan fingerprint density at radius 1 is 0.828 bits per heavy atom. The lowest BCUT2D eigenvalue weighted by molar-refractivity contribution is -0.123. The third-order valence-electron chi connectivity index (χ3n) is 4.54. The van der Waals surface area contributed by atoms with E-state index in [1.54, 1.807) is 32.4 Å². The fourth-order valence-electron chi connectivity index (χ4n) is 2.98. The quantitative estimate of drug-likeness (QED) is 0.622. The van der Waals surface area contributed by atoms with Crippen molar-refractivity contribution in [3.63, 3.8) is 0 Å². The van der Waals surface area contributed by atoms with Gasteiger partial charge >= 0.3 is 0 Å². The van der Waals surface area contributed by atoms with Crippen molar-refractivity contribution in [2.75, 3.05) is 20.8 Å². The first-order valence-corrected chi connectivity index (χ1v) is 9.36. The van der Waals surface area contributed by atoms with Gasteiger partial charge in [-0.05, 0) is 18.1 Å². The van der Waals surface area contributed by atoms with Gasteiger partial charge in [-0.3, -0.25) is 4.79 Å². The molecule has 1 unspecified atom stereocenters. The molecular weight excluding hydrogens is 366 g/mol. The van der Waals surface area contributed by atoms with Crippen LogP contribution in [0.25, 0.3) is 0 Å². The number of aryl methyl sites for hydroxylation is 1.